The molecular weight excluding hydrogens is 322 g/mol. The van der Waals surface area contributed by atoms with E-state index in [-0.39, 0.29) is 24.0 Å². The number of anilines is 1. The Labute approximate surface area is 146 Å². The molecule has 1 amide bonds. The van der Waals surface area contributed by atoms with Gasteiger partial charge in [0.25, 0.3) is 0 Å². The Morgan fingerprint density at radius 1 is 1.36 bits per heavy atom. The van der Waals surface area contributed by atoms with Crippen LogP contribution >= 0.6 is 0 Å². The van der Waals surface area contributed by atoms with Gasteiger partial charge in [-0.2, -0.15) is 5.10 Å². The molecule has 1 aliphatic rings. The summed E-state index contributed by atoms with van der Waals surface area (Å²) in [5.74, 6) is 1.88. The van der Waals surface area contributed by atoms with Gasteiger partial charge in [0.1, 0.15) is 6.10 Å². The van der Waals surface area contributed by atoms with Crippen LogP contribution in [0.5, 0.6) is 0 Å². The zero-order chi connectivity index (χ0) is 17.8. The SMILES string of the molecule is CC(C)c1n[nH]c([C@@H]2CN([C@@H](C)C(=O)Nc3ncccn3)CCO2)n1. The van der Waals surface area contributed by atoms with Gasteiger partial charge >= 0.3 is 0 Å². The quantitative estimate of drug-likeness (QED) is 0.835. The van der Waals surface area contributed by atoms with E-state index in [1.54, 1.807) is 18.5 Å². The van der Waals surface area contributed by atoms with Crippen molar-refractivity contribution in [3.63, 3.8) is 0 Å². The Morgan fingerprint density at radius 3 is 2.80 bits per heavy atom. The predicted octanol–water partition coefficient (Wildman–Crippen LogP) is 1.12. The van der Waals surface area contributed by atoms with Crippen LogP contribution in [0, 0.1) is 0 Å². The monoisotopic (exact) mass is 345 g/mol. The minimum atomic E-state index is -0.331. The number of carbonyl (C=O) groups excluding carboxylic acids is 1. The lowest BCUT2D eigenvalue weighted by Gasteiger charge is -2.35. The molecule has 0 radical (unpaired) electrons. The smallest absolute Gasteiger partial charge is 0.243 e. The number of nitrogens with zero attached hydrogens (tertiary/aromatic N) is 5. The molecule has 0 spiro atoms. The first-order valence-electron chi connectivity index (χ1n) is 8.40. The molecule has 0 aromatic carbocycles. The van der Waals surface area contributed by atoms with Gasteiger partial charge < -0.3 is 4.74 Å². The van der Waals surface area contributed by atoms with Gasteiger partial charge in [-0.25, -0.2) is 15.0 Å². The number of ether oxygens (including phenoxy) is 1. The topological polar surface area (TPSA) is 109 Å². The summed E-state index contributed by atoms with van der Waals surface area (Å²) in [6.07, 6.45) is 2.96. The van der Waals surface area contributed by atoms with Gasteiger partial charge in [0.2, 0.25) is 11.9 Å². The lowest BCUT2D eigenvalue weighted by Crippen LogP contribution is -2.48. The Balaban J connectivity index is 1.62. The van der Waals surface area contributed by atoms with Crippen LogP contribution in [0.4, 0.5) is 5.95 Å². The normalized spacial score (nSPS) is 19.8. The molecule has 0 unspecified atom stereocenters. The third-order valence-corrected chi connectivity index (χ3v) is 4.17. The van der Waals surface area contributed by atoms with Crippen LogP contribution in [0.3, 0.4) is 0 Å². The number of aromatic amines is 1. The van der Waals surface area contributed by atoms with E-state index in [0.717, 1.165) is 5.82 Å². The number of morpholine rings is 1. The molecule has 2 aromatic heterocycles. The van der Waals surface area contributed by atoms with Crippen molar-refractivity contribution in [2.45, 2.75) is 38.8 Å². The van der Waals surface area contributed by atoms with Crippen molar-refractivity contribution in [2.75, 3.05) is 25.0 Å². The summed E-state index contributed by atoms with van der Waals surface area (Å²) in [6, 6.07) is 1.37. The van der Waals surface area contributed by atoms with E-state index in [2.05, 4.69) is 35.4 Å². The second kappa shape index (κ2) is 7.66. The van der Waals surface area contributed by atoms with Crippen molar-refractivity contribution in [3.8, 4) is 0 Å². The maximum Gasteiger partial charge on any atom is 0.243 e. The summed E-state index contributed by atoms with van der Waals surface area (Å²) in [5.41, 5.74) is 0. The second-order valence-corrected chi connectivity index (χ2v) is 6.33. The number of nitrogens with one attached hydrogen (secondary N) is 2. The average Bonchev–Trinajstić information content (AvgIpc) is 3.12. The molecule has 2 atom stereocenters. The average molecular weight is 345 g/mol. The van der Waals surface area contributed by atoms with Gasteiger partial charge in [0.15, 0.2) is 11.6 Å². The third kappa shape index (κ3) is 4.18. The van der Waals surface area contributed by atoms with Crippen LogP contribution in [-0.2, 0) is 9.53 Å². The summed E-state index contributed by atoms with van der Waals surface area (Å²) in [7, 11) is 0. The van der Waals surface area contributed by atoms with Gasteiger partial charge in [0.05, 0.1) is 12.6 Å². The van der Waals surface area contributed by atoms with E-state index in [1.807, 2.05) is 20.8 Å². The van der Waals surface area contributed by atoms with E-state index in [0.29, 0.717) is 31.5 Å². The number of amides is 1. The van der Waals surface area contributed by atoms with Gasteiger partial charge in [0, 0.05) is 31.4 Å². The van der Waals surface area contributed by atoms with Crippen LogP contribution in [0.25, 0.3) is 0 Å². The third-order valence-electron chi connectivity index (χ3n) is 4.17. The fourth-order valence-electron chi connectivity index (χ4n) is 2.62. The molecule has 3 rings (SSSR count). The standard InChI is InChI=1S/C16H23N7O2/c1-10(2)13-19-14(22-21-13)12-9-23(7-8-25-12)11(3)15(24)20-16-17-5-4-6-18-16/h4-6,10-12H,7-9H2,1-3H3,(H,19,21,22)(H,17,18,20,24)/t11-,12-/m0/s1. The summed E-state index contributed by atoms with van der Waals surface area (Å²) in [4.78, 5) is 27.0. The fraction of sp³-hybridized carbons (Fsp3) is 0.562. The van der Waals surface area contributed by atoms with E-state index < -0.39 is 0 Å². The largest absolute Gasteiger partial charge is 0.368 e. The van der Waals surface area contributed by atoms with Crippen LogP contribution in [0.1, 0.15) is 44.4 Å². The molecule has 0 aliphatic carbocycles. The molecule has 0 bridgehead atoms. The molecule has 3 heterocycles. The van der Waals surface area contributed by atoms with Crippen molar-refractivity contribution in [1.82, 2.24) is 30.0 Å². The lowest BCUT2D eigenvalue weighted by molar-refractivity contribution is -0.124. The molecular formula is C16H23N7O2. The first-order valence-corrected chi connectivity index (χ1v) is 8.40. The molecule has 9 heteroatoms. The van der Waals surface area contributed by atoms with Crippen molar-refractivity contribution >= 4 is 11.9 Å². The summed E-state index contributed by atoms with van der Waals surface area (Å²) in [6.45, 7) is 7.71. The number of rotatable bonds is 5. The molecule has 2 N–H and O–H groups in total. The van der Waals surface area contributed by atoms with Crippen LogP contribution in [0.2, 0.25) is 0 Å². The zero-order valence-electron chi connectivity index (χ0n) is 14.6. The molecule has 1 aliphatic heterocycles. The summed E-state index contributed by atoms with van der Waals surface area (Å²) < 4.78 is 5.80. The highest BCUT2D eigenvalue weighted by molar-refractivity contribution is 5.93. The number of carbonyl (C=O) groups is 1. The molecule has 0 saturated carbocycles. The first-order chi connectivity index (χ1) is 12.0. The number of H-pyrrole nitrogens is 1. The number of hydrogen-bond donors (Lipinski definition) is 2. The van der Waals surface area contributed by atoms with Crippen molar-refractivity contribution < 1.29 is 9.53 Å². The molecule has 1 saturated heterocycles. The fourth-order valence-corrected chi connectivity index (χ4v) is 2.62. The Hall–Kier alpha value is -2.39. The first kappa shape index (κ1) is 17.4. The molecule has 1 fully saturated rings. The highest BCUT2D eigenvalue weighted by Crippen LogP contribution is 2.22. The zero-order valence-corrected chi connectivity index (χ0v) is 14.6. The van der Waals surface area contributed by atoms with Crippen molar-refractivity contribution in [3.05, 3.63) is 30.1 Å². The van der Waals surface area contributed by atoms with Crippen LogP contribution in [-0.4, -0.2) is 61.7 Å². The van der Waals surface area contributed by atoms with E-state index in [9.17, 15) is 4.79 Å². The van der Waals surface area contributed by atoms with Crippen molar-refractivity contribution in [1.29, 1.82) is 0 Å². The highest BCUT2D eigenvalue weighted by atomic mass is 16.5. The van der Waals surface area contributed by atoms with Gasteiger partial charge in [-0.05, 0) is 13.0 Å². The second-order valence-electron chi connectivity index (χ2n) is 6.33. The Bertz CT molecular complexity index is 704. The minimum Gasteiger partial charge on any atom is -0.368 e. The predicted molar refractivity (Wildman–Crippen MR) is 90.9 cm³/mol. The van der Waals surface area contributed by atoms with Gasteiger partial charge in [-0.3, -0.25) is 20.1 Å². The Kier molecular flexibility index (Phi) is 5.34. The lowest BCUT2D eigenvalue weighted by atomic mass is 10.2. The molecule has 9 nitrogen and oxygen atoms in total. The van der Waals surface area contributed by atoms with Crippen molar-refractivity contribution in [2.24, 2.45) is 0 Å². The summed E-state index contributed by atoms with van der Waals surface area (Å²) in [5, 5.41) is 9.91. The van der Waals surface area contributed by atoms with E-state index in [1.165, 1.54) is 0 Å². The molecule has 25 heavy (non-hydrogen) atoms. The van der Waals surface area contributed by atoms with Gasteiger partial charge in [-0.15, -0.1) is 0 Å². The maximum atomic E-state index is 12.4. The number of aromatic nitrogens is 5. The Morgan fingerprint density at radius 2 is 2.12 bits per heavy atom. The van der Waals surface area contributed by atoms with E-state index in [4.69, 9.17) is 4.74 Å². The van der Waals surface area contributed by atoms with E-state index >= 15 is 0 Å². The van der Waals surface area contributed by atoms with Gasteiger partial charge in [-0.1, -0.05) is 13.8 Å². The molecule has 2 aromatic rings. The van der Waals surface area contributed by atoms with Crippen LogP contribution in [0.15, 0.2) is 18.5 Å². The molecule has 134 valence electrons. The number of hydrogen-bond acceptors (Lipinski definition) is 7. The highest BCUT2D eigenvalue weighted by Gasteiger charge is 2.30. The summed E-state index contributed by atoms with van der Waals surface area (Å²) >= 11 is 0. The minimum absolute atomic E-state index is 0.146. The maximum absolute atomic E-state index is 12.4. The van der Waals surface area contributed by atoms with Crippen LogP contribution < -0.4 is 5.32 Å².